The van der Waals surface area contributed by atoms with Crippen molar-refractivity contribution < 1.29 is 8.42 Å². The molecule has 18 heavy (non-hydrogen) atoms. The van der Waals surface area contributed by atoms with Gasteiger partial charge < -0.3 is 5.32 Å². The van der Waals surface area contributed by atoms with E-state index in [-0.39, 0.29) is 0 Å². The molecule has 1 aromatic heterocycles. The van der Waals surface area contributed by atoms with Crippen LogP contribution in [-0.4, -0.2) is 49.7 Å². The summed E-state index contributed by atoms with van der Waals surface area (Å²) in [4.78, 5) is 0.331. The Morgan fingerprint density at radius 3 is 2.44 bits per heavy atom. The van der Waals surface area contributed by atoms with Crippen LogP contribution in [0.5, 0.6) is 0 Å². The molecule has 1 heterocycles. The van der Waals surface area contributed by atoms with Gasteiger partial charge in [-0.15, -0.1) is 0 Å². The van der Waals surface area contributed by atoms with Gasteiger partial charge in [0.25, 0.3) is 0 Å². The number of rotatable bonds is 6. The van der Waals surface area contributed by atoms with Crippen LogP contribution in [0.1, 0.15) is 17.8 Å². The zero-order chi connectivity index (χ0) is 13.9. The minimum Gasteiger partial charge on any atom is -0.320 e. The molecule has 0 aromatic carbocycles. The molecule has 1 rings (SSSR count). The SMILES string of the molecule is CNCCCN(C)S(=O)(=O)c1c(C)nn(C)c1C. The van der Waals surface area contributed by atoms with E-state index in [1.807, 2.05) is 7.05 Å². The Hall–Kier alpha value is -0.920. The maximum atomic E-state index is 12.4. The minimum atomic E-state index is -3.44. The summed E-state index contributed by atoms with van der Waals surface area (Å²) in [7, 11) is 1.77. The predicted octanol–water partition coefficient (Wildman–Crippen LogP) is 0.267. The number of aryl methyl sites for hydroxylation is 2. The summed E-state index contributed by atoms with van der Waals surface area (Å²) in [6, 6.07) is 0. The summed E-state index contributed by atoms with van der Waals surface area (Å²) in [5.74, 6) is 0. The van der Waals surface area contributed by atoms with E-state index in [1.165, 1.54) is 4.31 Å². The molecule has 0 aliphatic rings. The van der Waals surface area contributed by atoms with Gasteiger partial charge in [0.05, 0.1) is 11.4 Å². The van der Waals surface area contributed by atoms with E-state index in [9.17, 15) is 8.42 Å². The van der Waals surface area contributed by atoms with Crippen LogP contribution in [0.2, 0.25) is 0 Å². The van der Waals surface area contributed by atoms with Gasteiger partial charge in [-0.25, -0.2) is 12.7 Å². The third-order valence-electron chi connectivity index (χ3n) is 3.01. The summed E-state index contributed by atoms with van der Waals surface area (Å²) in [6.07, 6.45) is 0.782. The number of nitrogens with one attached hydrogen (secondary N) is 1. The normalized spacial score (nSPS) is 12.3. The van der Waals surface area contributed by atoms with Crippen molar-refractivity contribution in [1.82, 2.24) is 19.4 Å². The summed E-state index contributed by atoms with van der Waals surface area (Å²) < 4.78 is 27.9. The maximum absolute atomic E-state index is 12.4. The Balaban J connectivity index is 2.99. The van der Waals surface area contributed by atoms with Gasteiger partial charge in [-0.2, -0.15) is 5.10 Å². The average Bonchev–Trinajstić information content (AvgIpc) is 2.53. The molecule has 104 valence electrons. The van der Waals surface area contributed by atoms with Gasteiger partial charge in [0.1, 0.15) is 4.90 Å². The van der Waals surface area contributed by atoms with E-state index >= 15 is 0 Å². The fourth-order valence-corrected chi connectivity index (χ4v) is 3.48. The zero-order valence-electron chi connectivity index (χ0n) is 11.7. The molecule has 0 aliphatic heterocycles. The van der Waals surface area contributed by atoms with Crippen LogP contribution >= 0.6 is 0 Å². The maximum Gasteiger partial charge on any atom is 0.246 e. The third kappa shape index (κ3) is 2.90. The van der Waals surface area contributed by atoms with Gasteiger partial charge in [-0.05, 0) is 33.9 Å². The van der Waals surface area contributed by atoms with Crippen molar-refractivity contribution in [1.29, 1.82) is 0 Å². The first kappa shape index (κ1) is 15.1. The number of aromatic nitrogens is 2. The number of hydrogen-bond donors (Lipinski definition) is 1. The van der Waals surface area contributed by atoms with Crippen molar-refractivity contribution in [2.45, 2.75) is 25.2 Å². The Bertz CT molecular complexity index is 507. The smallest absolute Gasteiger partial charge is 0.246 e. The van der Waals surface area contributed by atoms with Gasteiger partial charge in [-0.3, -0.25) is 4.68 Å². The van der Waals surface area contributed by atoms with E-state index in [4.69, 9.17) is 0 Å². The lowest BCUT2D eigenvalue weighted by Gasteiger charge is -2.17. The standard InChI is InChI=1S/C11H22N4O2S/c1-9-11(10(2)15(5)13-9)18(16,17)14(4)8-6-7-12-3/h12H,6-8H2,1-5H3. The first-order valence-corrected chi connectivity index (χ1v) is 7.37. The topological polar surface area (TPSA) is 67.2 Å². The lowest BCUT2D eigenvalue weighted by atomic mass is 10.4. The molecule has 0 radical (unpaired) electrons. The molecule has 1 aromatic rings. The molecule has 6 nitrogen and oxygen atoms in total. The number of nitrogens with zero attached hydrogens (tertiary/aromatic N) is 3. The molecular weight excluding hydrogens is 252 g/mol. The molecule has 1 N–H and O–H groups in total. The van der Waals surface area contributed by atoms with E-state index in [0.717, 1.165) is 13.0 Å². The summed E-state index contributed by atoms with van der Waals surface area (Å²) in [5.41, 5.74) is 1.23. The van der Waals surface area contributed by atoms with Crippen LogP contribution < -0.4 is 5.32 Å². The van der Waals surface area contributed by atoms with Crippen LogP contribution in [-0.2, 0) is 17.1 Å². The Labute approximate surface area is 109 Å². The molecule has 0 amide bonds. The molecule has 0 aliphatic carbocycles. The molecule has 0 saturated carbocycles. The average molecular weight is 274 g/mol. The Kier molecular flexibility index (Phi) is 4.89. The fraction of sp³-hybridized carbons (Fsp3) is 0.727. The molecule has 0 atom stereocenters. The van der Waals surface area contributed by atoms with Crippen molar-refractivity contribution in [2.24, 2.45) is 7.05 Å². The van der Waals surface area contributed by atoms with Gasteiger partial charge in [-0.1, -0.05) is 0 Å². The Morgan fingerprint density at radius 2 is 2.00 bits per heavy atom. The van der Waals surface area contributed by atoms with Crippen LogP contribution in [0.4, 0.5) is 0 Å². The fourth-order valence-electron chi connectivity index (χ4n) is 1.88. The second kappa shape index (κ2) is 5.81. The Morgan fingerprint density at radius 1 is 1.39 bits per heavy atom. The van der Waals surface area contributed by atoms with Crippen molar-refractivity contribution in [3.05, 3.63) is 11.4 Å². The molecule has 7 heteroatoms. The summed E-state index contributed by atoms with van der Waals surface area (Å²) in [5, 5.41) is 7.16. The van der Waals surface area contributed by atoms with Crippen molar-refractivity contribution in [2.75, 3.05) is 27.2 Å². The number of hydrogen-bond acceptors (Lipinski definition) is 4. The zero-order valence-corrected chi connectivity index (χ0v) is 12.5. The second-order valence-corrected chi connectivity index (χ2v) is 6.39. The van der Waals surface area contributed by atoms with Crippen LogP contribution in [0.25, 0.3) is 0 Å². The lowest BCUT2D eigenvalue weighted by Crippen LogP contribution is -2.30. The highest BCUT2D eigenvalue weighted by Crippen LogP contribution is 2.21. The molecule has 0 spiro atoms. The van der Waals surface area contributed by atoms with Crippen LogP contribution in [0, 0.1) is 13.8 Å². The third-order valence-corrected chi connectivity index (χ3v) is 5.12. The molecule has 0 fully saturated rings. The van der Waals surface area contributed by atoms with E-state index in [2.05, 4.69) is 10.4 Å². The predicted molar refractivity (Wildman–Crippen MR) is 71.0 cm³/mol. The monoisotopic (exact) mass is 274 g/mol. The highest BCUT2D eigenvalue weighted by atomic mass is 32.2. The molecule has 0 unspecified atom stereocenters. The first-order chi connectivity index (χ1) is 8.32. The van der Waals surface area contributed by atoms with Crippen molar-refractivity contribution in [3.8, 4) is 0 Å². The number of sulfonamides is 1. The van der Waals surface area contributed by atoms with E-state index in [1.54, 1.807) is 32.6 Å². The van der Waals surface area contributed by atoms with Crippen LogP contribution in [0.3, 0.4) is 0 Å². The molecule has 0 bridgehead atoms. The quantitative estimate of drug-likeness (QED) is 0.756. The minimum absolute atomic E-state index is 0.331. The van der Waals surface area contributed by atoms with Gasteiger partial charge in [0.15, 0.2) is 0 Å². The first-order valence-electron chi connectivity index (χ1n) is 5.93. The van der Waals surface area contributed by atoms with Gasteiger partial charge in [0, 0.05) is 20.6 Å². The molecular formula is C11H22N4O2S. The summed E-state index contributed by atoms with van der Waals surface area (Å²) >= 11 is 0. The molecule has 0 saturated heterocycles. The van der Waals surface area contributed by atoms with Crippen molar-refractivity contribution in [3.63, 3.8) is 0 Å². The van der Waals surface area contributed by atoms with Gasteiger partial charge >= 0.3 is 0 Å². The summed E-state index contributed by atoms with van der Waals surface area (Å²) in [6.45, 7) is 4.79. The van der Waals surface area contributed by atoms with Gasteiger partial charge in [0.2, 0.25) is 10.0 Å². The highest BCUT2D eigenvalue weighted by Gasteiger charge is 2.27. The second-order valence-electron chi connectivity index (χ2n) is 4.41. The largest absolute Gasteiger partial charge is 0.320 e. The van der Waals surface area contributed by atoms with Crippen molar-refractivity contribution >= 4 is 10.0 Å². The lowest BCUT2D eigenvalue weighted by molar-refractivity contribution is 0.457. The van der Waals surface area contributed by atoms with Crippen LogP contribution in [0.15, 0.2) is 4.90 Å². The highest BCUT2D eigenvalue weighted by molar-refractivity contribution is 7.89. The van der Waals surface area contributed by atoms with E-state index in [0.29, 0.717) is 22.8 Å². The van der Waals surface area contributed by atoms with E-state index < -0.39 is 10.0 Å².